The molecule has 7 heteroatoms. The highest BCUT2D eigenvalue weighted by molar-refractivity contribution is 6.42. The van der Waals surface area contributed by atoms with Crippen LogP contribution in [0.25, 0.3) is 0 Å². The van der Waals surface area contributed by atoms with Gasteiger partial charge in [0.15, 0.2) is 0 Å². The van der Waals surface area contributed by atoms with Crippen molar-refractivity contribution in [3.8, 4) is 5.75 Å². The molecule has 2 aromatic carbocycles. The van der Waals surface area contributed by atoms with Gasteiger partial charge in [0.2, 0.25) is 0 Å². The van der Waals surface area contributed by atoms with E-state index in [1.807, 2.05) is 29.2 Å². The Balaban J connectivity index is 1.65. The number of carbonyl (C=O) groups is 1. The summed E-state index contributed by atoms with van der Waals surface area (Å²) in [5.41, 5.74) is 2.13. The molecular weight excluding hydrogens is 399 g/mol. The zero-order valence-corrected chi connectivity index (χ0v) is 17.3. The van der Waals surface area contributed by atoms with Crippen LogP contribution >= 0.6 is 23.2 Å². The third-order valence-corrected chi connectivity index (χ3v) is 5.87. The van der Waals surface area contributed by atoms with Gasteiger partial charge in [0.1, 0.15) is 5.75 Å². The van der Waals surface area contributed by atoms with Gasteiger partial charge in [-0.2, -0.15) is 0 Å². The van der Waals surface area contributed by atoms with Crippen molar-refractivity contribution in [1.82, 2.24) is 4.90 Å². The van der Waals surface area contributed by atoms with Crippen LogP contribution in [0.15, 0.2) is 42.5 Å². The lowest BCUT2D eigenvalue weighted by Gasteiger charge is -2.39. The van der Waals surface area contributed by atoms with Gasteiger partial charge in [-0.15, -0.1) is 0 Å². The number of benzene rings is 2. The first-order chi connectivity index (χ1) is 13.5. The molecule has 0 amide bonds. The lowest BCUT2D eigenvalue weighted by molar-refractivity contribution is -0.139. The number of carboxylic acid groups (broad SMARTS) is 1. The fraction of sp³-hybridized carbons (Fsp3) is 0.381. The minimum absolute atomic E-state index is 0.00739. The predicted molar refractivity (Wildman–Crippen MR) is 113 cm³/mol. The number of nitrogens with zero attached hydrogens (tertiary/aromatic N) is 2. The zero-order chi connectivity index (χ0) is 20.1. The Bertz CT molecular complexity index is 806. The van der Waals surface area contributed by atoms with Gasteiger partial charge in [-0.25, -0.2) is 0 Å². The molecule has 0 radical (unpaired) electrons. The second kappa shape index (κ2) is 9.50. The molecule has 1 aliphatic rings. The summed E-state index contributed by atoms with van der Waals surface area (Å²) in [4.78, 5) is 15.7. The quantitative estimate of drug-likeness (QED) is 0.708. The molecule has 5 nitrogen and oxygen atoms in total. The molecular formula is C21H24Cl2N2O3. The second-order valence-electron chi connectivity index (χ2n) is 6.96. The average Bonchev–Trinajstić information content (AvgIpc) is 2.70. The van der Waals surface area contributed by atoms with Crippen molar-refractivity contribution in [3.63, 3.8) is 0 Å². The van der Waals surface area contributed by atoms with Crippen molar-refractivity contribution in [1.29, 1.82) is 0 Å². The summed E-state index contributed by atoms with van der Waals surface area (Å²) in [5, 5.41) is 10.4. The summed E-state index contributed by atoms with van der Waals surface area (Å²) in [6.45, 7) is 2.31. The molecule has 1 N–H and O–H groups in total. The van der Waals surface area contributed by atoms with E-state index in [0.717, 1.165) is 42.9 Å². The Hall–Kier alpha value is -1.95. The predicted octanol–water partition coefficient (Wildman–Crippen LogP) is 4.56. The molecule has 0 spiro atoms. The fourth-order valence-corrected chi connectivity index (χ4v) is 3.96. The highest BCUT2D eigenvalue weighted by atomic mass is 35.5. The Morgan fingerprint density at radius 1 is 1.14 bits per heavy atom. The Labute approximate surface area is 175 Å². The number of methoxy groups -OCH3 is 1. The van der Waals surface area contributed by atoms with Gasteiger partial charge in [-0.05, 0) is 54.8 Å². The van der Waals surface area contributed by atoms with Crippen molar-refractivity contribution in [2.75, 3.05) is 31.6 Å². The van der Waals surface area contributed by atoms with Crippen LogP contribution in [0.3, 0.4) is 0 Å². The van der Waals surface area contributed by atoms with E-state index in [9.17, 15) is 9.90 Å². The summed E-state index contributed by atoms with van der Waals surface area (Å²) in [6.07, 6.45) is 1.81. The molecule has 0 saturated carbocycles. The minimum atomic E-state index is -0.822. The largest absolute Gasteiger partial charge is 0.497 e. The van der Waals surface area contributed by atoms with E-state index < -0.39 is 5.97 Å². The van der Waals surface area contributed by atoms with Gasteiger partial charge in [-0.1, -0.05) is 29.3 Å². The first-order valence-corrected chi connectivity index (χ1v) is 10.0. The van der Waals surface area contributed by atoms with E-state index in [1.165, 1.54) is 0 Å². The molecule has 0 bridgehead atoms. The number of carboxylic acids is 1. The Morgan fingerprint density at radius 3 is 2.39 bits per heavy atom. The van der Waals surface area contributed by atoms with Crippen LogP contribution in [0, 0.1) is 0 Å². The lowest BCUT2D eigenvalue weighted by Crippen LogP contribution is -2.46. The van der Waals surface area contributed by atoms with Crippen LogP contribution in [-0.4, -0.2) is 48.8 Å². The summed E-state index contributed by atoms with van der Waals surface area (Å²) in [6, 6.07) is 13.7. The SMILES string of the molecule is COc1ccc(N2CCC(N(CC(=O)O)Cc3ccc(Cl)c(Cl)c3)CC2)cc1. The monoisotopic (exact) mass is 422 g/mol. The molecule has 150 valence electrons. The van der Waals surface area contributed by atoms with Crippen LogP contribution in [0.1, 0.15) is 18.4 Å². The van der Waals surface area contributed by atoms with E-state index in [-0.39, 0.29) is 12.6 Å². The first kappa shape index (κ1) is 20.8. The Morgan fingerprint density at radius 2 is 1.82 bits per heavy atom. The lowest BCUT2D eigenvalue weighted by atomic mass is 10.0. The summed E-state index contributed by atoms with van der Waals surface area (Å²) in [7, 11) is 1.66. The number of rotatable bonds is 7. The van der Waals surface area contributed by atoms with Gasteiger partial charge in [0, 0.05) is 31.4 Å². The van der Waals surface area contributed by atoms with Crippen molar-refractivity contribution >= 4 is 34.9 Å². The van der Waals surface area contributed by atoms with Crippen molar-refractivity contribution in [2.45, 2.75) is 25.4 Å². The molecule has 1 aliphatic heterocycles. The van der Waals surface area contributed by atoms with Crippen LogP contribution in [0.2, 0.25) is 10.0 Å². The van der Waals surface area contributed by atoms with Gasteiger partial charge in [0.25, 0.3) is 0 Å². The van der Waals surface area contributed by atoms with E-state index >= 15 is 0 Å². The minimum Gasteiger partial charge on any atom is -0.497 e. The van der Waals surface area contributed by atoms with Crippen LogP contribution in [-0.2, 0) is 11.3 Å². The number of hydrogen-bond acceptors (Lipinski definition) is 4. The number of halogens is 2. The van der Waals surface area contributed by atoms with Crippen LogP contribution in [0.4, 0.5) is 5.69 Å². The maximum absolute atomic E-state index is 11.4. The molecule has 1 fully saturated rings. The smallest absolute Gasteiger partial charge is 0.317 e. The fourth-order valence-electron chi connectivity index (χ4n) is 3.64. The number of aliphatic carboxylic acids is 1. The molecule has 1 heterocycles. The van der Waals surface area contributed by atoms with Crippen molar-refractivity contribution in [3.05, 3.63) is 58.1 Å². The summed E-state index contributed by atoms with van der Waals surface area (Å²) < 4.78 is 5.22. The topological polar surface area (TPSA) is 53.0 Å². The summed E-state index contributed by atoms with van der Waals surface area (Å²) in [5.74, 6) is 0.0190. The average molecular weight is 423 g/mol. The third-order valence-electron chi connectivity index (χ3n) is 5.13. The van der Waals surface area contributed by atoms with Crippen molar-refractivity contribution < 1.29 is 14.6 Å². The molecule has 3 rings (SSSR count). The van der Waals surface area contributed by atoms with E-state index in [0.29, 0.717) is 16.6 Å². The number of ether oxygens (including phenoxy) is 1. The van der Waals surface area contributed by atoms with Crippen LogP contribution in [0.5, 0.6) is 5.75 Å². The highest BCUT2D eigenvalue weighted by Crippen LogP contribution is 2.27. The molecule has 0 aliphatic carbocycles. The normalized spacial score (nSPS) is 15.1. The molecule has 0 atom stereocenters. The van der Waals surface area contributed by atoms with E-state index in [4.69, 9.17) is 27.9 Å². The number of anilines is 1. The van der Waals surface area contributed by atoms with Crippen molar-refractivity contribution in [2.24, 2.45) is 0 Å². The zero-order valence-electron chi connectivity index (χ0n) is 15.8. The molecule has 2 aromatic rings. The van der Waals surface area contributed by atoms with Gasteiger partial charge in [0.05, 0.1) is 23.7 Å². The molecule has 1 saturated heterocycles. The van der Waals surface area contributed by atoms with Gasteiger partial charge in [-0.3, -0.25) is 9.69 Å². The highest BCUT2D eigenvalue weighted by Gasteiger charge is 2.26. The maximum atomic E-state index is 11.4. The third kappa shape index (κ3) is 5.31. The van der Waals surface area contributed by atoms with Crippen LogP contribution < -0.4 is 9.64 Å². The molecule has 28 heavy (non-hydrogen) atoms. The van der Waals surface area contributed by atoms with E-state index in [1.54, 1.807) is 13.2 Å². The summed E-state index contributed by atoms with van der Waals surface area (Å²) >= 11 is 12.1. The van der Waals surface area contributed by atoms with Gasteiger partial charge < -0.3 is 14.7 Å². The standard InChI is InChI=1S/C21H24Cl2N2O3/c1-28-18-5-3-16(4-6-18)24-10-8-17(9-11-24)25(14-21(26)27)13-15-2-7-19(22)20(23)12-15/h2-7,12,17H,8-11,13-14H2,1H3,(H,26,27). The maximum Gasteiger partial charge on any atom is 0.317 e. The Kier molecular flexibility index (Phi) is 7.05. The number of hydrogen-bond donors (Lipinski definition) is 1. The van der Waals surface area contributed by atoms with E-state index in [2.05, 4.69) is 17.0 Å². The first-order valence-electron chi connectivity index (χ1n) is 9.25. The molecule has 0 aromatic heterocycles. The second-order valence-corrected chi connectivity index (χ2v) is 7.78. The number of piperidine rings is 1. The molecule has 0 unspecified atom stereocenters. The van der Waals surface area contributed by atoms with Gasteiger partial charge >= 0.3 is 5.97 Å².